The molecule has 0 atom stereocenters. The molecule has 2 aliphatic rings. The van der Waals surface area contributed by atoms with Gasteiger partial charge in [-0.25, -0.2) is 0 Å². The summed E-state index contributed by atoms with van der Waals surface area (Å²) in [5.74, 6) is 2.34. The molecule has 7 heteroatoms. The first kappa shape index (κ1) is 20.7. The van der Waals surface area contributed by atoms with Crippen LogP contribution in [0.4, 0.5) is 5.69 Å². The number of methoxy groups -OCH3 is 1. The number of hydrogen-bond acceptors (Lipinski definition) is 6. The number of carbonyl (C=O) groups is 1. The van der Waals surface area contributed by atoms with Crippen molar-refractivity contribution in [2.24, 2.45) is 0 Å². The van der Waals surface area contributed by atoms with Crippen molar-refractivity contribution in [3.8, 4) is 17.1 Å². The van der Waals surface area contributed by atoms with Crippen molar-refractivity contribution in [1.29, 1.82) is 0 Å². The van der Waals surface area contributed by atoms with E-state index in [4.69, 9.17) is 9.26 Å². The number of nitrogens with zero attached hydrogens (tertiary/aromatic N) is 3. The van der Waals surface area contributed by atoms with E-state index < -0.39 is 0 Å². The van der Waals surface area contributed by atoms with Crippen molar-refractivity contribution < 1.29 is 14.1 Å². The second-order valence-corrected chi connectivity index (χ2v) is 8.62. The molecule has 0 radical (unpaired) electrons. The van der Waals surface area contributed by atoms with Crippen LogP contribution in [0.25, 0.3) is 11.4 Å². The van der Waals surface area contributed by atoms with Gasteiger partial charge in [-0.05, 0) is 92.7 Å². The van der Waals surface area contributed by atoms with Crippen LogP contribution >= 0.6 is 0 Å². The van der Waals surface area contributed by atoms with E-state index in [1.54, 1.807) is 7.11 Å². The maximum atomic E-state index is 12.5. The Morgan fingerprint density at radius 1 is 1.12 bits per heavy atom. The highest BCUT2D eigenvalue weighted by Crippen LogP contribution is 2.29. The van der Waals surface area contributed by atoms with E-state index in [2.05, 4.69) is 32.5 Å². The Bertz CT molecular complexity index is 1080. The van der Waals surface area contributed by atoms with Crippen LogP contribution < -0.4 is 10.1 Å². The number of rotatable bonds is 6. The number of amides is 1. The van der Waals surface area contributed by atoms with Crippen molar-refractivity contribution in [2.75, 3.05) is 32.1 Å². The summed E-state index contributed by atoms with van der Waals surface area (Å²) in [6, 6.07) is 13.9. The number of carbonyl (C=O) groups excluding carboxylic acids is 1. The number of nitrogens with one attached hydrogen (secondary N) is 1. The van der Waals surface area contributed by atoms with Crippen LogP contribution in [0.15, 0.2) is 47.0 Å². The summed E-state index contributed by atoms with van der Waals surface area (Å²) in [5, 5.41) is 7.21. The number of aromatic nitrogens is 2. The molecule has 3 aromatic rings. The van der Waals surface area contributed by atoms with Gasteiger partial charge in [0.15, 0.2) is 0 Å². The van der Waals surface area contributed by atoms with Gasteiger partial charge in [0, 0.05) is 17.2 Å². The maximum absolute atomic E-state index is 12.5. The van der Waals surface area contributed by atoms with E-state index in [9.17, 15) is 4.79 Å². The van der Waals surface area contributed by atoms with Crippen LogP contribution in [-0.2, 0) is 17.6 Å². The van der Waals surface area contributed by atoms with Crippen LogP contribution in [0.1, 0.15) is 42.2 Å². The van der Waals surface area contributed by atoms with Crippen molar-refractivity contribution in [3.05, 3.63) is 59.5 Å². The lowest BCUT2D eigenvalue weighted by Crippen LogP contribution is -2.38. The summed E-state index contributed by atoms with van der Waals surface area (Å²) < 4.78 is 10.8. The van der Waals surface area contributed by atoms with Gasteiger partial charge in [0.2, 0.25) is 17.6 Å². The first-order valence-electron chi connectivity index (χ1n) is 11.3. The molecule has 1 aromatic heterocycles. The fourth-order valence-corrected chi connectivity index (χ4v) is 4.65. The molecule has 0 saturated carbocycles. The fraction of sp³-hybridized carbons (Fsp3) is 0.400. The van der Waals surface area contributed by atoms with Crippen LogP contribution in [0, 0.1) is 0 Å². The molecule has 1 fully saturated rings. The topological polar surface area (TPSA) is 80.5 Å². The number of benzene rings is 2. The Morgan fingerprint density at radius 2 is 1.91 bits per heavy atom. The lowest BCUT2D eigenvalue weighted by molar-refractivity contribution is -0.117. The predicted octanol–water partition coefficient (Wildman–Crippen LogP) is 4.05. The van der Waals surface area contributed by atoms with Gasteiger partial charge in [0.1, 0.15) is 5.75 Å². The van der Waals surface area contributed by atoms with Crippen molar-refractivity contribution in [3.63, 3.8) is 0 Å². The molecule has 2 heterocycles. The number of piperidine rings is 1. The molecule has 166 valence electrons. The van der Waals surface area contributed by atoms with Crippen LogP contribution in [-0.4, -0.2) is 47.7 Å². The van der Waals surface area contributed by atoms with E-state index in [1.807, 2.05) is 30.3 Å². The Balaban J connectivity index is 1.12. The number of aryl methyl sites for hydroxylation is 2. The lowest BCUT2D eigenvalue weighted by Gasteiger charge is -2.29. The minimum absolute atomic E-state index is 0.0426. The average Bonchev–Trinajstić information content (AvgIpc) is 3.49. The summed E-state index contributed by atoms with van der Waals surface area (Å²) in [4.78, 5) is 19.3. The molecule has 1 aliphatic carbocycles. The number of fused-ring (bicyclic) bond motifs is 1. The summed E-state index contributed by atoms with van der Waals surface area (Å²) in [5.41, 5.74) is 4.60. The molecule has 1 saturated heterocycles. The molecule has 5 rings (SSSR count). The Kier molecular flexibility index (Phi) is 5.90. The van der Waals surface area contributed by atoms with Crippen molar-refractivity contribution >= 4 is 11.6 Å². The second kappa shape index (κ2) is 9.12. The molecule has 0 bridgehead atoms. The molecule has 1 amide bonds. The molecule has 1 aliphatic heterocycles. The first-order valence-corrected chi connectivity index (χ1v) is 11.3. The number of ether oxygens (including phenoxy) is 1. The predicted molar refractivity (Wildman–Crippen MR) is 122 cm³/mol. The average molecular weight is 433 g/mol. The molecule has 7 nitrogen and oxygen atoms in total. The smallest absolute Gasteiger partial charge is 0.238 e. The molecule has 1 N–H and O–H groups in total. The minimum Gasteiger partial charge on any atom is -0.497 e. The monoisotopic (exact) mass is 432 g/mol. The Hall–Kier alpha value is -3.19. The molecular formula is C25H28N4O3. The molecule has 32 heavy (non-hydrogen) atoms. The Morgan fingerprint density at radius 3 is 2.69 bits per heavy atom. The maximum Gasteiger partial charge on any atom is 0.238 e. The van der Waals surface area contributed by atoms with Gasteiger partial charge in [-0.1, -0.05) is 11.2 Å². The van der Waals surface area contributed by atoms with Gasteiger partial charge in [0.25, 0.3) is 0 Å². The zero-order valence-corrected chi connectivity index (χ0v) is 18.3. The van der Waals surface area contributed by atoms with E-state index >= 15 is 0 Å². The largest absolute Gasteiger partial charge is 0.497 e. The SMILES string of the molecule is COc1ccc(-c2noc(C3CCN(CC(=O)Nc4ccc5c(c4)CCC5)CC3)n2)cc1. The summed E-state index contributed by atoms with van der Waals surface area (Å²) >= 11 is 0. The van der Waals surface area contributed by atoms with Gasteiger partial charge in [-0.3, -0.25) is 9.69 Å². The van der Waals surface area contributed by atoms with Crippen molar-refractivity contribution in [2.45, 2.75) is 38.0 Å². The zero-order valence-electron chi connectivity index (χ0n) is 18.3. The quantitative estimate of drug-likeness (QED) is 0.633. The lowest BCUT2D eigenvalue weighted by atomic mass is 9.97. The van der Waals surface area contributed by atoms with Crippen LogP contribution in [0.5, 0.6) is 5.75 Å². The minimum atomic E-state index is 0.0426. The molecule has 0 unspecified atom stereocenters. The fourth-order valence-electron chi connectivity index (χ4n) is 4.65. The van der Waals surface area contributed by atoms with Gasteiger partial charge in [-0.15, -0.1) is 0 Å². The highest BCUT2D eigenvalue weighted by Gasteiger charge is 2.26. The van der Waals surface area contributed by atoms with Gasteiger partial charge in [0.05, 0.1) is 13.7 Å². The second-order valence-electron chi connectivity index (χ2n) is 8.62. The van der Waals surface area contributed by atoms with Crippen LogP contribution in [0.3, 0.4) is 0 Å². The van der Waals surface area contributed by atoms with Gasteiger partial charge < -0.3 is 14.6 Å². The van der Waals surface area contributed by atoms with Gasteiger partial charge in [-0.2, -0.15) is 4.98 Å². The highest BCUT2D eigenvalue weighted by atomic mass is 16.5. The van der Waals surface area contributed by atoms with Crippen molar-refractivity contribution in [1.82, 2.24) is 15.0 Å². The Labute approximate surface area is 187 Å². The third-order valence-corrected chi connectivity index (χ3v) is 6.48. The standard InChI is InChI=1S/C25H28N4O3/c1-31-22-9-6-18(7-10-22)24-27-25(32-28-24)19-11-13-29(14-12-19)16-23(30)26-21-8-5-17-3-2-4-20(17)15-21/h5-10,15,19H,2-4,11-14,16H2,1H3,(H,26,30). The van der Waals surface area contributed by atoms with Gasteiger partial charge >= 0.3 is 0 Å². The summed E-state index contributed by atoms with van der Waals surface area (Å²) in [7, 11) is 1.64. The van der Waals surface area contributed by atoms with Crippen LogP contribution in [0.2, 0.25) is 0 Å². The summed E-state index contributed by atoms with van der Waals surface area (Å²) in [6.45, 7) is 2.08. The third kappa shape index (κ3) is 4.53. The van der Waals surface area contributed by atoms with E-state index in [0.29, 0.717) is 18.3 Å². The number of anilines is 1. The molecular weight excluding hydrogens is 404 g/mol. The zero-order chi connectivity index (χ0) is 21.9. The normalized spacial score (nSPS) is 16.7. The molecule has 0 spiro atoms. The highest BCUT2D eigenvalue weighted by molar-refractivity contribution is 5.92. The summed E-state index contributed by atoms with van der Waals surface area (Å²) in [6.07, 6.45) is 5.28. The number of likely N-dealkylation sites (tertiary alicyclic amines) is 1. The third-order valence-electron chi connectivity index (χ3n) is 6.48. The van der Waals surface area contributed by atoms with E-state index in [0.717, 1.165) is 55.8 Å². The molecule has 2 aromatic carbocycles. The van der Waals surface area contributed by atoms with E-state index in [-0.39, 0.29) is 11.8 Å². The number of hydrogen-bond donors (Lipinski definition) is 1. The first-order chi connectivity index (χ1) is 15.7. The van der Waals surface area contributed by atoms with E-state index in [1.165, 1.54) is 17.5 Å².